The molecule has 1 aromatic carbocycles. The summed E-state index contributed by atoms with van der Waals surface area (Å²) < 4.78 is 0. The summed E-state index contributed by atoms with van der Waals surface area (Å²) in [6.07, 6.45) is 1.36. The van der Waals surface area contributed by atoms with Gasteiger partial charge in [0.25, 0.3) is 0 Å². The Kier molecular flexibility index (Phi) is 6.74. The fourth-order valence-electron chi connectivity index (χ4n) is 2.66. The van der Waals surface area contributed by atoms with Crippen LogP contribution < -0.4 is 10.2 Å². The molecular formula is C18H24ClN5O2. The molecule has 1 aromatic heterocycles. The lowest BCUT2D eigenvalue weighted by Gasteiger charge is -2.27. The smallest absolute Gasteiger partial charge is 0.350 e. The Hall–Kier alpha value is -2.41. The summed E-state index contributed by atoms with van der Waals surface area (Å²) in [6, 6.07) is 6.91. The van der Waals surface area contributed by atoms with Gasteiger partial charge in [-0.2, -0.15) is 0 Å². The average Bonchev–Trinajstić information content (AvgIpc) is 2.55. The molecule has 2 rings (SSSR count). The normalized spacial score (nSPS) is 11.0. The van der Waals surface area contributed by atoms with E-state index in [0.717, 1.165) is 0 Å². The molecule has 0 atom stereocenters. The van der Waals surface area contributed by atoms with E-state index in [4.69, 9.17) is 11.6 Å². The highest BCUT2D eigenvalue weighted by Crippen LogP contribution is 2.34. The van der Waals surface area contributed by atoms with E-state index in [0.29, 0.717) is 41.5 Å². The van der Waals surface area contributed by atoms with Crippen molar-refractivity contribution in [2.75, 3.05) is 23.3 Å². The number of benzene rings is 1. The van der Waals surface area contributed by atoms with Gasteiger partial charge in [0.1, 0.15) is 6.33 Å². The van der Waals surface area contributed by atoms with Crippen LogP contribution in [0.2, 0.25) is 5.02 Å². The lowest BCUT2D eigenvalue weighted by Crippen LogP contribution is -2.32. The van der Waals surface area contributed by atoms with Crippen LogP contribution in [0.1, 0.15) is 27.7 Å². The second-order valence-corrected chi connectivity index (χ2v) is 7.41. The van der Waals surface area contributed by atoms with Crippen LogP contribution >= 0.6 is 11.6 Å². The number of hydrogen-bond acceptors (Lipinski definition) is 6. The van der Waals surface area contributed by atoms with Crippen molar-refractivity contribution in [3.63, 3.8) is 0 Å². The maximum absolute atomic E-state index is 11.8. The van der Waals surface area contributed by atoms with Crippen molar-refractivity contribution < 1.29 is 4.92 Å². The van der Waals surface area contributed by atoms with Gasteiger partial charge in [-0.3, -0.25) is 10.1 Å². The molecule has 8 heteroatoms. The zero-order valence-electron chi connectivity index (χ0n) is 15.4. The van der Waals surface area contributed by atoms with E-state index in [9.17, 15) is 10.1 Å². The van der Waals surface area contributed by atoms with Crippen LogP contribution in [0.5, 0.6) is 0 Å². The third-order valence-corrected chi connectivity index (χ3v) is 3.82. The lowest BCUT2D eigenvalue weighted by molar-refractivity contribution is -0.383. The van der Waals surface area contributed by atoms with Gasteiger partial charge < -0.3 is 10.2 Å². The van der Waals surface area contributed by atoms with Gasteiger partial charge in [-0.15, -0.1) is 0 Å². The Labute approximate surface area is 158 Å². The first kappa shape index (κ1) is 19.9. The van der Waals surface area contributed by atoms with Crippen molar-refractivity contribution in [2.45, 2.75) is 27.7 Å². The number of rotatable bonds is 8. The Bertz CT molecular complexity index is 740. The molecule has 0 unspecified atom stereocenters. The van der Waals surface area contributed by atoms with E-state index in [1.165, 1.54) is 6.33 Å². The van der Waals surface area contributed by atoms with Gasteiger partial charge in [0, 0.05) is 23.8 Å². The summed E-state index contributed by atoms with van der Waals surface area (Å²) in [7, 11) is 0. The predicted molar refractivity (Wildman–Crippen MR) is 105 cm³/mol. The molecule has 1 N–H and O–H groups in total. The van der Waals surface area contributed by atoms with Crippen molar-refractivity contribution >= 4 is 34.6 Å². The van der Waals surface area contributed by atoms with Crippen LogP contribution in [0.3, 0.4) is 0 Å². The number of nitrogens with zero attached hydrogens (tertiary/aromatic N) is 4. The molecule has 7 nitrogen and oxygen atoms in total. The highest BCUT2D eigenvalue weighted by molar-refractivity contribution is 6.30. The molecule has 0 spiro atoms. The maximum Gasteiger partial charge on any atom is 0.353 e. The summed E-state index contributed by atoms with van der Waals surface area (Å²) in [4.78, 5) is 21.7. The summed E-state index contributed by atoms with van der Waals surface area (Å²) in [6.45, 7) is 9.66. The topological polar surface area (TPSA) is 84.2 Å². The molecule has 0 aliphatic carbocycles. The molecular weight excluding hydrogens is 354 g/mol. The molecule has 0 aliphatic heterocycles. The van der Waals surface area contributed by atoms with Crippen LogP contribution in [0.25, 0.3) is 0 Å². The molecule has 0 aliphatic rings. The van der Waals surface area contributed by atoms with E-state index >= 15 is 0 Å². The van der Waals surface area contributed by atoms with Gasteiger partial charge in [0.05, 0.1) is 4.92 Å². The molecule has 1 heterocycles. The molecule has 0 saturated carbocycles. The first-order valence-electron chi connectivity index (χ1n) is 8.54. The minimum Gasteiger partial charge on any atom is -0.350 e. The average molecular weight is 378 g/mol. The van der Waals surface area contributed by atoms with Crippen molar-refractivity contribution in [1.82, 2.24) is 9.97 Å². The number of hydrogen-bond donors (Lipinski definition) is 1. The maximum atomic E-state index is 11.8. The highest BCUT2D eigenvalue weighted by atomic mass is 35.5. The Morgan fingerprint density at radius 2 is 1.69 bits per heavy atom. The summed E-state index contributed by atoms with van der Waals surface area (Å²) in [5.74, 6) is 1.19. The Balaban J connectivity index is 2.45. The fourth-order valence-corrected chi connectivity index (χ4v) is 2.79. The van der Waals surface area contributed by atoms with E-state index in [1.54, 1.807) is 24.3 Å². The zero-order chi connectivity index (χ0) is 19.3. The number of aromatic nitrogens is 2. The predicted octanol–water partition coefficient (Wildman–Crippen LogP) is 4.90. The summed E-state index contributed by atoms with van der Waals surface area (Å²) in [5, 5.41) is 15.4. The fraction of sp³-hybridized carbons (Fsp3) is 0.444. The Morgan fingerprint density at radius 1 is 1.12 bits per heavy atom. The van der Waals surface area contributed by atoms with Crippen LogP contribution in [-0.2, 0) is 0 Å². The minimum absolute atomic E-state index is 0.122. The third-order valence-electron chi connectivity index (χ3n) is 3.56. The minimum atomic E-state index is -0.429. The SMILES string of the molecule is CC(C)CN(CC(C)C)c1ncnc(Nc2ccc(Cl)cc2)c1[N+](=O)[O-]. The van der Waals surface area contributed by atoms with Crippen LogP contribution in [0.4, 0.5) is 23.0 Å². The highest BCUT2D eigenvalue weighted by Gasteiger charge is 2.28. The Morgan fingerprint density at radius 3 is 2.19 bits per heavy atom. The van der Waals surface area contributed by atoms with Gasteiger partial charge in [0.2, 0.25) is 11.6 Å². The van der Waals surface area contributed by atoms with Crippen LogP contribution in [-0.4, -0.2) is 28.0 Å². The standard InChI is InChI=1S/C18H24ClN5O2/c1-12(2)9-23(10-13(3)4)18-16(24(25)26)17(20-11-21-18)22-15-7-5-14(19)6-8-15/h5-8,11-13H,9-10H2,1-4H3,(H,20,21,22). The van der Waals surface area contributed by atoms with Gasteiger partial charge in [-0.25, -0.2) is 9.97 Å². The van der Waals surface area contributed by atoms with E-state index < -0.39 is 4.92 Å². The monoisotopic (exact) mass is 377 g/mol. The first-order chi connectivity index (χ1) is 12.3. The van der Waals surface area contributed by atoms with Crippen molar-refractivity contribution in [2.24, 2.45) is 11.8 Å². The number of nitrogens with one attached hydrogen (secondary N) is 1. The van der Waals surface area contributed by atoms with Gasteiger partial charge in [-0.1, -0.05) is 39.3 Å². The zero-order valence-corrected chi connectivity index (χ0v) is 16.2. The van der Waals surface area contributed by atoms with Gasteiger partial charge >= 0.3 is 5.69 Å². The summed E-state index contributed by atoms with van der Waals surface area (Å²) in [5.41, 5.74) is 0.546. The number of halogens is 1. The molecule has 0 fully saturated rings. The largest absolute Gasteiger partial charge is 0.353 e. The van der Waals surface area contributed by atoms with E-state index in [2.05, 4.69) is 43.0 Å². The van der Waals surface area contributed by atoms with Crippen LogP contribution in [0, 0.1) is 22.0 Å². The lowest BCUT2D eigenvalue weighted by atomic mass is 10.1. The number of nitro groups is 1. The molecule has 140 valence electrons. The quantitative estimate of drug-likeness (QED) is 0.520. The summed E-state index contributed by atoms with van der Waals surface area (Å²) >= 11 is 5.89. The van der Waals surface area contributed by atoms with Gasteiger partial charge in [0.15, 0.2) is 0 Å². The molecule has 2 aromatic rings. The van der Waals surface area contributed by atoms with Crippen molar-refractivity contribution in [1.29, 1.82) is 0 Å². The molecule has 0 saturated heterocycles. The van der Waals surface area contributed by atoms with Crippen molar-refractivity contribution in [3.05, 3.63) is 45.7 Å². The van der Waals surface area contributed by atoms with Crippen LogP contribution in [0.15, 0.2) is 30.6 Å². The van der Waals surface area contributed by atoms with E-state index in [-0.39, 0.29) is 11.5 Å². The molecule has 0 radical (unpaired) electrons. The van der Waals surface area contributed by atoms with Gasteiger partial charge in [-0.05, 0) is 36.1 Å². The molecule has 0 bridgehead atoms. The van der Waals surface area contributed by atoms with E-state index in [1.807, 2.05) is 4.90 Å². The first-order valence-corrected chi connectivity index (χ1v) is 8.92. The second-order valence-electron chi connectivity index (χ2n) is 6.98. The molecule has 0 amide bonds. The number of anilines is 3. The third kappa shape index (κ3) is 5.29. The van der Waals surface area contributed by atoms with Crippen molar-refractivity contribution in [3.8, 4) is 0 Å². The molecule has 26 heavy (non-hydrogen) atoms. The second kappa shape index (κ2) is 8.80.